The van der Waals surface area contributed by atoms with Crippen LogP contribution in [0.3, 0.4) is 0 Å². The molecular weight excluding hydrogens is 557 g/mol. The van der Waals surface area contributed by atoms with E-state index in [4.69, 9.17) is 26.6 Å². The van der Waals surface area contributed by atoms with Crippen LogP contribution in [0.5, 0.6) is 0 Å². The van der Waals surface area contributed by atoms with E-state index >= 15 is 0 Å². The number of rotatable bonds is 8. The van der Waals surface area contributed by atoms with Crippen molar-refractivity contribution in [3.63, 3.8) is 0 Å². The van der Waals surface area contributed by atoms with E-state index in [1.54, 1.807) is 9.00 Å². The van der Waals surface area contributed by atoms with Gasteiger partial charge in [0.25, 0.3) is 0 Å². The van der Waals surface area contributed by atoms with Crippen molar-refractivity contribution >= 4 is 54.1 Å². The molecule has 0 aliphatic carbocycles. The van der Waals surface area contributed by atoms with Gasteiger partial charge in [0.1, 0.15) is 0 Å². The predicted molar refractivity (Wildman–Crippen MR) is 158 cm³/mol. The number of thiophene rings is 1. The average Bonchev–Trinajstić information content (AvgIpc) is 3.29. The maximum absolute atomic E-state index is 6.32. The molecule has 6 fully saturated rings. The highest BCUT2D eigenvalue weighted by Crippen LogP contribution is 2.29. The van der Waals surface area contributed by atoms with Gasteiger partial charge in [-0.25, -0.2) is 0 Å². The lowest BCUT2D eigenvalue weighted by molar-refractivity contribution is -0.00801. The van der Waals surface area contributed by atoms with Crippen molar-refractivity contribution in [3.8, 4) is 0 Å². The average molecular weight is 603 g/mol. The molecule has 6 aliphatic rings. The zero-order chi connectivity index (χ0) is 26.0. The summed E-state index contributed by atoms with van der Waals surface area (Å²) in [5.74, 6) is 0. The number of hydrogen-bond donors (Lipinski definition) is 0. The molecule has 4 bridgehead atoms. The Morgan fingerprint density at radius 2 is 0.892 bits per heavy atom. The Kier molecular flexibility index (Phi) is 9.33. The van der Waals surface area contributed by atoms with Gasteiger partial charge in [-0.2, -0.15) is 11.3 Å². The van der Waals surface area contributed by atoms with E-state index in [1.165, 1.54) is 0 Å². The summed E-state index contributed by atoms with van der Waals surface area (Å²) in [6, 6.07) is 9.03. The Morgan fingerprint density at radius 3 is 1.19 bits per heavy atom. The van der Waals surface area contributed by atoms with E-state index in [2.05, 4.69) is 59.5 Å². The van der Waals surface area contributed by atoms with Crippen molar-refractivity contribution in [2.45, 2.75) is 50.4 Å². The van der Waals surface area contributed by atoms with E-state index in [9.17, 15) is 0 Å². The fourth-order valence-electron chi connectivity index (χ4n) is 5.58. The quantitative estimate of drug-likeness (QED) is 0.420. The van der Waals surface area contributed by atoms with Crippen LogP contribution in [0.15, 0.2) is 12.1 Å². The Bertz CT molecular complexity index is 785. The maximum atomic E-state index is 6.32. The van der Waals surface area contributed by atoms with Crippen molar-refractivity contribution in [2.75, 3.05) is 78.9 Å². The van der Waals surface area contributed by atoms with Crippen LogP contribution in [0.1, 0.15) is 0 Å². The van der Waals surface area contributed by atoms with Crippen LogP contribution in [0.2, 0.25) is 50.4 Å². The Morgan fingerprint density at radius 1 is 0.595 bits per heavy atom. The fraction of sp³-hybridized carbons (Fsp3) is 0.833. The van der Waals surface area contributed by atoms with E-state index in [0.717, 1.165) is 103 Å². The van der Waals surface area contributed by atoms with Gasteiger partial charge in [0.15, 0.2) is 0 Å². The summed E-state index contributed by atoms with van der Waals surface area (Å²) in [5.41, 5.74) is 0. The molecule has 1 aromatic heterocycles. The van der Waals surface area contributed by atoms with Crippen LogP contribution in [0.25, 0.3) is 0 Å². The lowest BCUT2D eigenvalue weighted by Gasteiger charge is -2.39. The second-order valence-corrected chi connectivity index (χ2v) is 29.0. The van der Waals surface area contributed by atoms with Gasteiger partial charge in [-0.05, 0) is 21.1 Å². The van der Waals surface area contributed by atoms with Crippen molar-refractivity contribution in [1.29, 1.82) is 0 Å². The molecule has 8 nitrogen and oxygen atoms in total. The maximum Gasteiger partial charge on any atom is 0.500 e. The summed E-state index contributed by atoms with van der Waals surface area (Å²) in [6.07, 6.45) is 0. The highest BCUT2D eigenvalue weighted by Gasteiger charge is 2.47. The molecule has 0 radical (unpaired) electrons. The summed E-state index contributed by atoms with van der Waals surface area (Å²) in [5, 5.41) is 0. The molecule has 7 heterocycles. The van der Waals surface area contributed by atoms with Crippen LogP contribution < -0.4 is 9.00 Å². The summed E-state index contributed by atoms with van der Waals surface area (Å²) in [7, 11) is -8.44. The zero-order valence-electron chi connectivity index (χ0n) is 23.2. The lowest BCUT2D eigenvalue weighted by Crippen LogP contribution is -2.56. The van der Waals surface area contributed by atoms with Crippen molar-refractivity contribution < 1.29 is 26.6 Å². The van der Waals surface area contributed by atoms with Crippen LogP contribution in [0.4, 0.5) is 0 Å². The summed E-state index contributed by atoms with van der Waals surface area (Å²) < 4.78 is 41.1. The summed E-state index contributed by atoms with van der Waals surface area (Å²) >= 11 is 2.07. The SMILES string of the molecule is C[Si](C)(CC[Si]12OCCN(CCO1)CCO2)c1ccc([Si](C)(C)CC[Si]23OCCN(CCO2)CCO3)s1. The van der Waals surface area contributed by atoms with E-state index in [0.29, 0.717) is 0 Å². The minimum atomic E-state index is -2.57. The summed E-state index contributed by atoms with van der Waals surface area (Å²) in [4.78, 5) is 4.76. The zero-order valence-corrected chi connectivity index (χ0v) is 28.0. The first-order valence-electron chi connectivity index (χ1n) is 14.1. The molecule has 6 aliphatic heterocycles. The molecule has 0 aromatic carbocycles. The fourth-order valence-corrected chi connectivity index (χ4v) is 22.7. The molecule has 6 saturated heterocycles. The van der Waals surface area contributed by atoms with Gasteiger partial charge in [-0.3, -0.25) is 9.80 Å². The van der Waals surface area contributed by atoms with Crippen LogP contribution in [-0.2, 0) is 26.6 Å². The second-order valence-electron chi connectivity index (χ2n) is 12.1. The molecule has 13 heteroatoms. The second kappa shape index (κ2) is 12.0. The lowest BCUT2D eigenvalue weighted by atomic mass is 10.4. The third-order valence-corrected chi connectivity index (χ3v) is 25.7. The Hall–Kier alpha value is 0.248. The van der Waals surface area contributed by atoms with E-state index < -0.39 is 33.8 Å². The molecule has 0 amide bonds. The van der Waals surface area contributed by atoms with E-state index in [1.807, 2.05) is 0 Å². The largest absolute Gasteiger partial charge is 0.500 e. The van der Waals surface area contributed by atoms with Gasteiger partial charge >= 0.3 is 17.6 Å². The van der Waals surface area contributed by atoms with Crippen LogP contribution in [-0.4, -0.2) is 122 Å². The third-order valence-electron chi connectivity index (χ3n) is 8.43. The molecule has 0 spiro atoms. The van der Waals surface area contributed by atoms with Gasteiger partial charge in [0.2, 0.25) is 0 Å². The first-order chi connectivity index (χ1) is 17.7. The molecule has 0 unspecified atom stereocenters. The normalized spacial score (nSPS) is 33.7. The van der Waals surface area contributed by atoms with Gasteiger partial charge in [0.05, 0.1) is 55.8 Å². The molecule has 210 valence electrons. The van der Waals surface area contributed by atoms with Gasteiger partial charge in [-0.1, -0.05) is 38.3 Å². The summed E-state index contributed by atoms with van der Waals surface area (Å²) in [6.45, 7) is 20.4. The van der Waals surface area contributed by atoms with Crippen LogP contribution in [0, 0.1) is 0 Å². The molecule has 1 aromatic rings. The number of fused-ring (bicyclic) bond motifs is 12. The molecule has 0 N–H and O–H groups in total. The highest BCUT2D eigenvalue weighted by molar-refractivity contribution is 7.35. The van der Waals surface area contributed by atoms with Crippen molar-refractivity contribution in [2.24, 2.45) is 0 Å². The molecule has 7 rings (SSSR count). The molecule has 37 heavy (non-hydrogen) atoms. The van der Waals surface area contributed by atoms with E-state index in [-0.39, 0.29) is 0 Å². The smallest absolute Gasteiger partial charge is 0.372 e. The minimum absolute atomic E-state index is 0.733. The Labute approximate surface area is 231 Å². The van der Waals surface area contributed by atoms with Crippen molar-refractivity contribution in [3.05, 3.63) is 12.1 Å². The van der Waals surface area contributed by atoms with Gasteiger partial charge < -0.3 is 26.6 Å². The Balaban J connectivity index is 1.21. The first kappa shape index (κ1) is 28.8. The third kappa shape index (κ3) is 7.12. The van der Waals surface area contributed by atoms with Crippen molar-refractivity contribution in [1.82, 2.24) is 9.80 Å². The van der Waals surface area contributed by atoms with Gasteiger partial charge in [-0.15, -0.1) is 0 Å². The molecule has 0 atom stereocenters. The first-order valence-corrected chi connectivity index (χ1v) is 25.2. The minimum Gasteiger partial charge on any atom is -0.372 e. The highest BCUT2D eigenvalue weighted by atomic mass is 32.1. The van der Waals surface area contributed by atoms with Crippen LogP contribution >= 0.6 is 11.3 Å². The monoisotopic (exact) mass is 602 g/mol. The molecular formula is C24H46N2O6SSi4. The predicted octanol–water partition coefficient (Wildman–Crippen LogP) is 2.21. The number of hydrogen-bond acceptors (Lipinski definition) is 9. The number of nitrogens with zero attached hydrogens (tertiary/aromatic N) is 2. The van der Waals surface area contributed by atoms with Gasteiger partial charge in [0, 0.05) is 51.4 Å². The molecule has 0 saturated carbocycles. The standard InChI is InChI=1S/C24H46N2O6SSi4/c1-34(2,19-21-36-27-13-7-25(8-14-28-36)9-15-29-36)23-5-6-24(33-23)35(3,4)20-22-37-30-16-10-26(11-17-31-37)12-18-32-37/h5-6H,7-22H2,1-4H3. The topological polar surface area (TPSA) is 61.9 Å².